The van der Waals surface area contributed by atoms with Crippen LogP contribution in [0.25, 0.3) is 0 Å². The molecule has 1 aromatic rings. The number of amides is 3. The van der Waals surface area contributed by atoms with Gasteiger partial charge in [0.05, 0.1) is 0 Å². The van der Waals surface area contributed by atoms with Crippen molar-refractivity contribution in [1.29, 1.82) is 0 Å². The van der Waals surface area contributed by atoms with E-state index < -0.39 is 6.04 Å². The summed E-state index contributed by atoms with van der Waals surface area (Å²) in [5.74, 6) is -0.177. The molecule has 0 bridgehead atoms. The van der Waals surface area contributed by atoms with E-state index in [0.29, 0.717) is 30.3 Å². The van der Waals surface area contributed by atoms with Crippen LogP contribution in [0.4, 0.5) is 10.5 Å². The molecule has 1 aliphatic heterocycles. The first-order chi connectivity index (χ1) is 9.61. The van der Waals surface area contributed by atoms with Crippen LogP contribution in [-0.2, 0) is 4.79 Å². The first kappa shape index (κ1) is 14.6. The predicted molar refractivity (Wildman–Crippen MR) is 77.9 cm³/mol. The van der Waals surface area contributed by atoms with Gasteiger partial charge in [0.2, 0.25) is 5.91 Å². The Labute approximate surface area is 122 Å². The van der Waals surface area contributed by atoms with E-state index >= 15 is 0 Å². The largest absolute Gasteiger partial charge is 0.357 e. The van der Waals surface area contributed by atoms with Crippen molar-refractivity contribution in [2.45, 2.75) is 6.04 Å². The summed E-state index contributed by atoms with van der Waals surface area (Å²) in [5.41, 5.74) is 0.647. The van der Waals surface area contributed by atoms with Gasteiger partial charge < -0.3 is 20.9 Å². The molecule has 0 saturated carbocycles. The van der Waals surface area contributed by atoms with Crippen molar-refractivity contribution in [3.63, 3.8) is 0 Å². The fourth-order valence-electron chi connectivity index (χ4n) is 2.08. The third kappa shape index (κ3) is 3.40. The van der Waals surface area contributed by atoms with Crippen molar-refractivity contribution in [3.8, 4) is 0 Å². The molecule has 108 valence electrons. The van der Waals surface area contributed by atoms with Gasteiger partial charge in [-0.05, 0) is 24.3 Å². The van der Waals surface area contributed by atoms with Crippen LogP contribution in [-0.4, -0.2) is 49.6 Å². The molecule has 1 atom stereocenters. The highest BCUT2D eigenvalue weighted by Crippen LogP contribution is 2.15. The van der Waals surface area contributed by atoms with E-state index in [4.69, 9.17) is 11.6 Å². The Bertz CT molecular complexity index is 492. The number of hydrogen-bond donors (Lipinski definition) is 3. The van der Waals surface area contributed by atoms with Crippen LogP contribution in [0.1, 0.15) is 0 Å². The third-order valence-electron chi connectivity index (χ3n) is 3.15. The maximum Gasteiger partial charge on any atom is 0.322 e. The molecule has 1 heterocycles. The smallest absolute Gasteiger partial charge is 0.322 e. The van der Waals surface area contributed by atoms with Crippen molar-refractivity contribution in [3.05, 3.63) is 29.3 Å². The highest BCUT2D eigenvalue weighted by atomic mass is 35.5. The molecule has 1 aromatic carbocycles. The van der Waals surface area contributed by atoms with Crippen molar-refractivity contribution in [2.24, 2.45) is 0 Å². The van der Waals surface area contributed by atoms with Crippen LogP contribution in [0.2, 0.25) is 5.02 Å². The molecule has 1 fully saturated rings. The number of carbonyl (C=O) groups is 2. The van der Waals surface area contributed by atoms with E-state index in [9.17, 15) is 9.59 Å². The number of piperazine rings is 1. The maximum atomic E-state index is 12.3. The number of anilines is 1. The Kier molecular flexibility index (Phi) is 4.81. The van der Waals surface area contributed by atoms with Gasteiger partial charge >= 0.3 is 6.03 Å². The maximum absolute atomic E-state index is 12.3. The number of likely N-dealkylation sites (N-methyl/N-ethyl adjacent to an activating group) is 1. The molecule has 2 rings (SSSR count). The zero-order chi connectivity index (χ0) is 14.5. The van der Waals surface area contributed by atoms with Gasteiger partial charge in [0.25, 0.3) is 0 Å². The van der Waals surface area contributed by atoms with Gasteiger partial charge in [-0.3, -0.25) is 4.79 Å². The SMILES string of the molecule is CNC(=O)C1CNCCN1C(=O)Nc1ccc(Cl)cc1. The molecule has 1 unspecified atom stereocenters. The van der Waals surface area contributed by atoms with E-state index in [-0.39, 0.29) is 11.9 Å². The van der Waals surface area contributed by atoms with E-state index in [2.05, 4.69) is 16.0 Å². The standard InChI is InChI=1S/C13H17ClN4O2/c1-15-12(19)11-8-16-6-7-18(11)13(20)17-10-4-2-9(14)3-5-10/h2-5,11,16H,6-8H2,1H3,(H,15,19)(H,17,20). The summed E-state index contributed by atoms with van der Waals surface area (Å²) in [6.45, 7) is 1.60. The predicted octanol–water partition coefficient (Wildman–Crippen LogP) is 0.892. The highest BCUT2D eigenvalue weighted by Gasteiger charge is 2.31. The van der Waals surface area contributed by atoms with Gasteiger partial charge in [-0.25, -0.2) is 4.79 Å². The molecule has 3 amide bonds. The lowest BCUT2D eigenvalue weighted by Gasteiger charge is -2.34. The summed E-state index contributed by atoms with van der Waals surface area (Å²) in [7, 11) is 1.56. The number of carbonyl (C=O) groups excluding carboxylic acids is 2. The molecule has 1 saturated heterocycles. The van der Waals surface area contributed by atoms with E-state index in [1.165, 1.54) is 4.90 Å². The Hall–Kier alpha value is -1.79. The van der Waals surface area contributed by atoms with Gasteiger partial charge in [-0.1, -0.05) is 11.6 Å². The normalized spacial score (nSPS) is 18.5. The lowest BCUT2D eigenvalue weighted by molar-refractivity contribution is -0.125. The van der Waals surface area contributed by atoms with E-state index in [0.717, 1.165) is 0 Å². The summed E-state index contributed by atoms with van der Waals surface area (Å²) < 4.78 is 0. The number of rotatable bonds is 2. The van der Waals surface area contributed by atoms with Gasteiger partial charge in [0.15, 0.2) is 0 Å². The van der Waals surface area contributed by atoms with Crippen LogP contribution in [0.5, 0.6) is 0 Å². The Morgan fingerprint density at radius 2 is 2.05 bits per heavy atom. The zero-order valence-corrected chi connectivity index (χ0v) is 11.9. The van der Waals surface area contributed by atoms with Gasteiger partial charge in [-0.2, -0.15) is 0 Å². The molecule has 3 N–H and O–H groups in total. The Balaban J connectivity index is 2.05. The first-order valence-corrected chi connectivity index (χ1v) is 6.75. The van der Waals surface area contributed by atoms with Crippen LogP contribution >= 0.6 is 11.6 Å². The van der Waals surface area contributed by atoms with E-state index in [1.807, 2.05) is 0 Å². The molecule has 1 aliphatic rings. The average molecular weight is 297 g/mol. The summed E-state index contributed by atoms with van der Waals surface area (Å²) in [6, 6.07) is 6.05. The second kappa shape index (κ2) is 6.58. The lowest BCUT2D eigenvalue weighted by Crippen LogP contribution is -2.60. The first-order valence-electron chi connectivity index (χ1n) is 6.37. The quantitative estimate of drug-likeness (QED) is 0.759. The monoisotopic (exact) mass is 296 g/mol. The number of hydrogen-bond acceptors (Lipinski definition) is 3. The molecule has 20 heavy (non-hydrogen) atoms. The summed E-state index contributed by atoms with van der Waals surface area (Å²) in [6.07, 6.45) is 0. The minimum atomic E-state index is -0.499. The molecule has 0 aliphatic carbocycles. The fraction of sp³-hybridized carbons (Fsp3) is 0.385. The Morgan fingerprint density at radius 3 is 2.70 bits per heavy atom. The van der Waals surface area contributed by atoms with Crippen molar-refractivity contribution in [2.75, 3.05) is 32.0 Å². The second-order valence-electron chi connectivity index (χ2n) is 4.46. The number of nitrogens with one attached hydrogen (secondary N) is 3. The molecular formula is C13H17ClN4O2. The van der Waals surface area contributed by atoms with Crippen molar-refractivity contribution in [1.82, 2.24) is 15.5 Å². The molecule has 0 aromatic heterocycles. The van der Waals surface area contributed by atoms with Gasteiger partial charge in [0, 0.05) is 37.4 Å². The Morgan fingerprint density at radius 1 is 1.35 bits per heavy atom. The number of benzene rings is 1. The fourth-order valence-corrected chi connectivity index (χ4v) is 2.20. The minimum absolute atomic E-state index is 0.177. The van der Waals surface area contributed by atoms with Crippen LogP contribution in [0.3, 0.4) is 0 Å². The molecule has 0 spiro atoms. The average Bonchev–Trinajstić information content (AvgIpc) is 2.48. The topological polar surface area (TPSA) is 73.5 Å². The molecular weight excluding hydrogens is 280 g/mol. The van der Waals surface area contributed by atoms with E-state index in [1.54, 1.807) is 31.3 Å². The van der Waals surface area contributed by atoms with Crippen molar-refractivity contribution < 1.29 is 9.59 Å². The van der Waals surface area contributed by atoms with Gasteiger partial charge in [-0.15, -0.1) is 0 Å². The van der Waals surface area contributed by atoms with Crippen molar-refractivity contribution >= 4 is 29.2 Å². The third-order valence-corrected chi connectivity index (χ3v) is 3.40. The molecule has 6 nitrogen and oxygen atoms in total. The highest BCUT2D eigenvalue weighted by molar-refractivity contribution is 6.30. The lowest BCUT2D eigenvalue weighted by atomic mass is 10.2. The van der Waals surface area contributed by atoms with Crippen LogP contribution < -0.4 is 16.0 Å². The minimum Gasteiger partial charge on any atom is -0.357 e. The molecule has 7 heteroatoms. The summed E-state index contributed by atoms with van der Waals surface area (Å²) in [5, 5.41) is 9.05. The second-order valence-corrected chi connectivity index (χ2v) is 4.90. The van der Waals surface area contributed by atoms with Crippen LogP contribution in [0, 0.1) is 0 Å². The number of nitrogens with zero attached hydrogens (tertiary/aromatic N) is 1. The summed E-state index contributed by atoms with van der Waals surface area (Å²) in [4.78, 5) is 25.6. The number of urea groups is 1. The van der Waals surface area contributed by atoms with Crippen LogP contribution in [0.15, 0.2) is 24.3 Å². The zero-order valence-electron chi connectivity index (χ0n) is 11.1. The number of halogens is 1. The van der Waals surface area contributed by atoms with Gasteiger partial charge in [0.1, 0.15) is 6.04 Å². The summed E-state index contributed by atoms with van der Waals surface area (Å²) >= 11 is 5.80. The molecule has 0 radical (unpaired) electrons.